The molecule has 0 fully saturated rings. The highest BCUT2D eigenvalue weighted by Gasteiger charge is 2.65. The van der Waals surface area contributed by atoms with Crippen LogP contribution in [0.25, 0.3) is 0 Å². The van der Waals surface area contributed by atoms with Crippen LogP contribution in [0.4, 0.5) is 88.4 Å². The summed E-state index contributed by atoms with van der Waals surface area (Å²) in [4.78, 5) is 0. The van der Waals surface area contributed by atoms with E-state index in [9.17, 15) is 79.0 Å². The molecule has 0 radical (unpaired) electrons. The summed E-state index contributed by atoms with van der Waals surface area (Å²) in [6.45, 7) is 9.24. The van der Waals surface area contributed by atoms with Crippen molar-refractivity contribution >= 4 is 0 Å². The molecule has 20 heteroatoms. The lowest BCUT2D eigenvalue weighted by Gasteiger charge is -2.39. The fourth-order valence-electron chi connectivity index (χ4n) is 5.89. The van der Waals surface area contributed by atoms with E-state index in [1.54, 1.807) is 0 Å². The maximum Gasteiger partial charge on any atom is 0.306 e. The smallest absolute Gasteiger partial charge is 0.269 e. The highest BCUT2D eigenvalue weighted by molar-refractivity contribution is 5.26. The van der Waals surface area contributed by atoms with Crippen molar-refractivity contribution in [3.63, 3.8) is 0 Å². The summed E-state index contributed by atoms with van der Waals surface area (Å²) in [5.74, 6) is -42.8. The van der Waals surface area contributed by atoms with Gasteiger partial charge in [0.05, 0.1) is 0 Å². The molecule has 5 aliphatic carbocycles. The van der Waals surface area contributed by atoms with E-state index in [0.717, 1.165) is 53.4 Å². The van der Waals surface area contributed by atoms with Crippen LogP contribution in [0.2, 0.25) is 0 Å². The van der Waals surface area contributed by atoms with E-state index in [4.69, 9.17) is 0 Å². The van der Waals surface area contributed by atoms with Gasteiger partial charge in [0.15, 0.2) is 0 Å². The Hall–Kier alpha value is -2.70. The first-order valence-electron chi connectivity index (χ1n) is 17.7. The summed E-state index contributed by atoms with van der Waals surface area (Å²) in [6, 6.07) is 0. The van der Waals surface area contributed by atoms with Crippen LogP contribution >= 0.6 is 0 Å². The predicted octanol–water partition coefficient (Wildman–Crippen LogP) is 16.4. The summed E-state index contributed by atoms with van der Waals surface area (Å²) < 4.78 is 229. The second-order valence-electron chi connectivity index (χ2n) is 16.2. The molecule has 4 atom stereocenters. The summed E-state index contributed by atoms with van der Waals surface area (Å²) in [5, 5.41) is 0. The van der Waals surface area contributed by atoms with Crippen molar-refractivity contribution in [3.05, 3.63) is 59.3 Å². The monoisotopic (exact) mass is 886 g/mol. The Morgan fingerprint density at radius 2 is 0.672 bits per heavy atom. The average molecular weight is 887 g/mol. The molecular weight excluding hydrogens is 836 g/mol. The van der Waals surface area contributed by atoms with Crippen LogP contribution in [-0.2, 0) is 0 Å². The molecule has 0 saturated carbocycles. The van der Waals surface area contributed by atoms with Crippen LogP contribution < -0.4 is 0 Å². The molecule has 0 nitrogen and oxygen atoms in total. The first kappa shape index (κ1) is 57.4. The Bertz CT molecular complexity index is 1390. The van der Waals surface area contributed by atoms with Gasteiger partial charge in [0.25, 0.3) is 0 Å². The Morgan fingerprint density at radius 1 is 0.414 bits per heavy atom. The van der Waals surface area contributed by atoms with Gasteiger partial charge in [-0.1, -0.05) is 79.7 Å². The maximum atomic E-state index is 13.0. The van der Waals surface area contributed by atoms with E-state index in [0.29, 0.717) is 0 Å². The van der Waals surface area contributed by atoms with Crippen molar-refractivity contribution < 1.29 is 88.4 Å². The fourth-order valence-corrected chi connectivity index (χ4v) is 5.89. The van der Waals surface area contributed by atoms with Gasteiger partial charge >= 0.3 is 35.5 Å². The van der Waals surface area contributed by atoms with Crippen molar-refractivity contribution in [2.45, 2.75) is 142 Å². The van der Waals surface area contributed by atoms with E-state index in [1.165, 1.54) is 38.5 Å². The molecule has 0 spiro atoms. The van der Waals surface area contributed by atoms with E-state index >= 15 is 0 Å². The second-order valence-corrected chi connectivity index (χ2v) is 16.2. The zero-order valence-electron chi connectivity index (χ0n) is 32.9. The molecule has 342 valence electrons. The van der Waals surface area contributed by atoms with Crippen LogP contribution in [-0.4, -0.2) is 35.5 Å². The highest BCUT2D eigenvalue weighted by atomic mass is 19.3. The Kier molecular flexibility index (Phi) is 20.0. The SMILES string of the molecule is CC1(C)CC(F)(F)C(F)=C(F)C1(F)F.CC1(C)CC(F)(F)C(F)=C(F)C1(F)F.CC1C(C)C(F)(F)C(F)=C(F)C1(F)F.CC1CC=CCC1.CC1CC=CCC1.F.F. The molecular formula is C38H50F20. The normalized spacial score (nSPS) is 30.2. The predicted molar refractivity (Wildman–Crippen MR) is 182 cm³/mol. The van der Waals surface area contributed by atoms with Crippen molar-refractivity contribution in [1.82, 2.24) is 0 Å². The number of allylic oxidation sites excluding steroid dienone is 10. The average Bonchev–Trinajstić information content (AvgIpc) is 3.08. The van der Waals surface area contributed by atoms with Gasteiger partial charge in [-0.15, -0.1) is 0 Å². The minimum atomic E-state index is -4.18. The Labute approximate surface area is 324 Å². The Balaban J connectivity index is 0. The molecule has 0 aliphatic heterocycles. The van der Waals surface area contributed by atoms with Gasteiger partial charge in [-0.3, -0.25) is 9.41 Å². The molecule has 0 heterocycles. The maximum absolute atomic E-state index is 13.0. The molecule has 5 aliphatic rings. The summed E-state index contributed by atoms with van der Waals surface area (Å²) in [6.07, 6.45) is 14.3. The third-order valence-corrected chi connectivity index (χ3v) is 10.3. The van der Waals surface area contributed by atoms with Crippen molar-refractivity contribution in [2.24, 2.45) is 34.5 Å². The molecule has 0 N–H and O–H groups in total. The number of halogens is 20. The molecule has 5 rings (SSSR count). The quantitative estimate of drug-likeness (QED) is 0.168. The van der Waals surface area contributed by atoms with Gasteiger partial charge in [0, 0.05) is 35.5 Å². The van der Waals surface area contributed by atoms with Gasteiger partial charge in [-0.25, -0.2) is 26.3 Å². The van der Waals surface area contributed by atoms with E-state index in [1.807, 2.05) is 0 Å². The van der Waals surface area contributed by atoms with Gasteiger partial charge in [0.2, 0.25) is 35.0 Å². The third kappa shape index (κ3) is 12.7. The summed E-state index contributed by atoms with van der Waals surface area (Å²) in [7, 11) is 0. The zero-order valence-corrected chi connectivity index (χ0v) is 32.9. The number of hydrogen-bond donors (Lipinski definition) is 0. The van der Waals surface area contributed by atoms with Crippen molar-refractivity contribution in [3.8, 4) is 0 Å². The lowest BCUT2D eigenvalue weighted by atomic mass is 9.75. The van der Waals surface area contributed by atoms with E-state index in [2.05, 4.69) is 38.2 Å². The van der Waals surface area contributed by atoms with Crippen LogP contribution in [0.3, 0.4) is 0 Å². The van der Waals surface area contributed by atoms with Gasteiger partial charge in [-0.05, 0) is 50.4 Å². The molecule has 4 unspecified atom stereocenters. The van der Waals surface area contributed by atoms with Crippen molar-refractivity contribution in [2.75, 3.05) is 0 Å². The summed E-state index contributed by atoms with van der Waals surface area (Å²) in [5.41, 5.74) is -4.59. The van der Waals surface area contributed by atoms with Crippen LogP contribution in [0.5, 0.6) is 0 Å². The lowest BCUT2D eigenvalue weighted by molar-refractivity contribution is -0.157. The first-order valence-corrected chi connectivity index (χ1v) is 17.7. The van der Waals surface area contributed by atoms with Crippen LogP contribution in [0.15, 0.2) is 59.3 Å². The summed E-state index contributed by atoms with van der Waals surface area (Å²) >= 11 is 0. The van der Waals surface area contributed by atoms with Crippen molar-refractivity contribution in [1.29, 1.82) is 0 Å². The minimum Gasteiger partial charge on any atom is -0.269 e. The Morgan fingerprint density at radius 3 is 0.862 bits per heavy atom. The third-order valence-electron chi connectivity index (χ3n) is 10.3. The van der Waals surface area contributed by atoms with Crippen LogP contribution in [0, 0.1) is 34.5 Å². The standard InChI is InChI=1S/3C8H8F6.2C7H12.2FH/c2*1-6(2)3-7(11,12)4(9)5(10)8(6,13)14;1-3-4(2)8(13,14)6(10)5(9)7(3,11)12;2*1-7-5-3-2-4-6-7;;/h2*3H2,1-2H3;3-4H,1-2H3;2*2-3,7H,4-6H2,1H3;2*1H. The number of rotatable bonds is 0. The molecule has 0 amide bonds. The molecule has 0 aromatic carbocycles. The highest BCUT2D eigenvalue weighted by Crippen LogP contribution is 2.58. The molecule has 0 aromatic heterocycles. The number of hydrogen-bond acceptors (Lipinski definition) is 0. The fraction of sp³-hybridized carbons (Fsp3) is 0.737. The molecule has 0 saturated heterocycles. The first-order chi connectivity index (χ1) is 25.0. The van der Waals surface area contributed by atoms with Gasteiger partial charge < -0.3 is 0 Å². The van der Waals surface area contributed by atoms with Gasteiger partial charge in [0.1, 0.15) is 0 Å². The van der Waals surface area contributed by atoms with Gasteiger partial charge in [-0.2, -0.15) is 52.7 Å². The van der Waals surface area contributed by atoms with E-state index < -0.39 is 106 Å². The second kappa shape index (κ2) is 20.2. The lowest BCUT2D eigenvalue weighted by Crippen LogP contribution is -2.47. The van der Waals surface area contributed by atoms with Crippen LogP contribution in [0.1, 0.15) is 107 Å². The van der Waals surface area contributed by atoms with E-state index in [-0.39, 0.29) is 9.41 Å². The molecule has 0 aromatic rings. The molecule has 0 bridgehead atoms. The molecule has 58 heavy (non-hydrogen) atoms. The zero-order chi connectivity index (χ0) is 44.3. The topological polar surface area (TPSA) is 0 Å². The minimum absolute atomic E-state index is 0. The number of alkyl halides is 12. The largest absolute Gasteiger partial charge is 0.306 e.